The topological polar surface area (TPSA) is 87.7 Å². The summed E-state index contributed by atoms with van der Waals surface area (Å²) < 4.78 is 5.79. The molecule has 2 aromatic rings. The number of anilines is 1. The molecule has 1 saturated heterocycles. The first-order valence-corrected chi connectivity index (χ1v) is 9.64. The Bertz CT molecular complexity index is 968. The number of hydrogen-bond donors (Lipinski definition) is 2. The molecule has 2 aliphatic rings. The van der Waals surface area contributed by atoms with Crippen LogP contribution in [0.5, 0.6) is 11.5 Å². The van der Waals surface area contributed by atoms with Crippen molar-refractivity contribution in [2.24, 2.45) is 5.92 Å². The molecular weight excluding hydrogens is 370 g/mol. The van der Waals surface area contributed by atoms with Gasteiger partial charge in [0.1, 0.15) is 23.6 Å². The second-order valence-electron chi connectivity index (χ2n) is 7.79. The maximum Gasteiger partial charge on any atom is 0.325 e. The number of carbonyl (C=O) groups excluding carboxylic acids is 3. The molecule has 1 aliphatic carbocycles. The molecule has 2 N–H and O–H groups in total. The van der Waals surface area contributed by atoms with Crippen molar-refractivity contribution in [3.05, 3.63) is 54.1 Å². The second kappa shape index (κ2) is 7.24. The van der Waals surface area contributed by atoms with E-state index < -0.39 is 17.5 Å². The summed E-state index contributed by atoms with van der Waals surface area (Å²) in [5.74, 6) is 0.776. The summed E-state index contributed by atoms with van der Waals surface area (Å²) in [4.78, 5) is 38.1. The Hall–Kier alpha value is -3.35. The quantitative estimate of drug-likeness (QED) is 0.736. The van der Waals surface area contributed by atoms with E-state index >= 15 is 0 Å². The lowest BCUT2D eigenvalue weighted by molar-refractivity contribution is -0.134. The van der Waals surface area contributed by atoms with Gasteiger partial charge in [0.15, 0.2) is 0 Å². The average molecular weight is 393 g/mol. The van der Waals surface area contributed by atoms with Gasteiger partial charge >= 0.3 is 6.03 Å². The first-order valence-electron chi connectivity index (χ1n) is 9.64. The lowest BCUT2D eigenvalue weighted by atomic mass is 9.96. The maximum atomic E-state index is 12.6. The van der Waals surface area contributed by atoms with E-state index in [-0.39, 0.29) is 18.4 Å². The number of nitrogens with one attached hydrogen (secondary N) is 2. The second-order valence-corrected chi connectivity index (χ2v) is 7.79. The van der Waals surface area contributed by atoms with Crippen LogP contribution in [0.15, 0.2) is 48.5 Å². The minimum atomic E-state index is -0.883. The van der Waals surface area contributed by atoms with Crippen molar-refractivity contribution in [1.82, 2.24) is 10.2 Å². The summed E-state index contributed by atoms with van der Waals surface area (Å²) in [6.45, 7) is 3.41. The van der Waals surface area contributed by atoms with Gasteiger partial charge in [-0.2, -0.15) is 0 Å². The Morgan fingerprint density at radius 2 is 1.90 bits per heavy atom. The van der Waals surface area contributed by atoms with Crippen LogP contribution < -0.4 is 15.4 Å². The third kappa shape index (κ3) is 3.94. The third-order valence-electron chi connectivity index (χ3n) is 5.36. The van der Waals surface area contributed by atoms with E-state index in [0.717, 1.165) is 29.1 Å². The number of aryl methyl sites for hydroxylation is 1. The molecule has 0 bridgehead atoms. The fourth-order valence-electron chi connectivity index (χ4n) is 3.56. The lowest BCUT2D eigenvalue weighted by Gasteiger charge is -2.20. The Balaban J connectivity index is 1.35. The fourth-order valence-corrected chi connectivity index (χ4v) is 3.56. The van der Waals surface area contributed by atoms with E-state index in [1.165, 1.54) is 0 Å². The smallest absolute Gasteiger partial charge is 0.325 e. The highest BCUT2D eigenvalue weighted by Crippen LogP contribution is 2.42. The minimum absolute atomic E-state index is 0.160. The van der Waals surface area contributed by atoms with Gasteiger partial charge in [-0.25, -0.2) is 4.79 Å². The molecule has 4 rings (SSSR count). The van der Waals surface area contributed by atoms with Gasteiger partial charge in [-0.15, -0.1) is 0 Å². The largest absolute Gasteiger partial charge is 0.457 e. The minimum Gasteiger partial charge on any atom is -0.457 e. The molecule has 1 atom stereocenters. The SMILES string of the molecule is Cc1cccc(Oc2ccc(NC(=O)CN3C(=O)NC(C)(C4CC4)C3=O)cc2)c1. The van der Waals surface area contributed by atoms with E-state index in [2.05, 4.69) is 10.6 Å². The Kier molecular flexibility index (Phi) is 4.74. The molecule has 1 saturated carbocycles. The summed E-state index contributed by atoms with van der Waals surface area (Å²) >= 11 is 0. The molecule has 1 heterocycles. The van der Waals surface area contributed by atoms with Crippen molar-refractivity contribution >= 4 is 23.5 Å². The van der Waals surface area contributed by atoms with Gasteiger partial charge in [-0.1, -0.05) is 12.1 Å². The summed E-state index contributed by atoms with van der Waals surface area (Å²) in [5.41, 5.74) is 0.778. The number of imide groups is 1. The van der Waals surface area contributed by atoms with Gasteiger partial charge in [0.25, 0.3) is 5.91 Å². The van der Waals surface area contributed by atoms with Crippen molar-refractivity contribution < 1.29 is 19.1 Å². The maximum absolute atomic E-state index is 12.6. The number of amides is 4. The summed E-state index contributed by atoms with van der Waals surface area (Å²) in [6, 6.07) is 14.1. The van der Waals surface area contributed by atoms with E-state index in [1.807, 2.05) is 31.2 Å². The molecule has 2 aromatic carbocycles. The highest BCUT2D eigenvalue weighted by molar-refractivity contribution is 6.10. The normalized spacial score (nSPS) is 21.1. The molecule has 0 radical (unpaired) electrons. The zero-order valence-electron chi connectivity index (χ0n) is 16.4. The number of carbonyl (C=O) groups is 3. The molecule has 4 amide bonds. The van der Waals surface area contributed by atoms with E-state index in [9.17, 15) is 14.4 Å². The fraction of sp³-hybridized carbons (Fsp3) is 0.318. The van der Waals surface area contributed by atoms with Crippen LogP contribution in [0, 0.1) is 12.8 Å². The van der Waals surface area contributed by atoms with Gasteiger partial charge in [0, 0.05) is 5.69 Å². The Labute approximate surface area is 169 Å². The Morgan fingerprint density at radius 3 is 2.55 bits per heavy atom. The van der Waals surface area contributed by atoms with Crippen molar-refractivity contribution in [3.63, 3.8) is 0 Å². The van der Waals surface area contributed by atoms with Gasteiger partial charge in [-0.05, 0) is 74.6 Å². The van der Waals surface area contributed by atoms with Crippen molar-refractivity contribution in [3.8, 4) is 11.5 Å². The highest BCUT2D eigenvalue weighted by Gasteiger charge is 2.56. The van der Waals surface area contributed by atoms with Gasteiger partial charge in [-0.3, -0.25) is 14.5 Å². The number of nitrogens with zero attached hydrogens (tertiary/aromatic N) is 1. The molecular formula is C22H23N3O4. The lowest BCUT2D eigenvalue weighted by Crippen LogP contribution is -2.46. The number of hydrogen-bond acceptors (Lipinski definition) is 4. The highest BCUT2D eigenvalue weighted by atomic mass is 16.5. The van der Waals surface area contributed by atoms with Crippen LogP contribution in [-0.2, 0) is 9.59 Å². The summed E-state index contributed by atoms with van der Waals surface area (Å²) in [6.07, 6.45) is 1.83. The van der Waals surface area contributed by atoms with E-state index in [4.69, 9.17) is 4.74 Å². The first kappa shape index (κ1) is 19.0. The van der Waals surface area contributed by atoms with Crippen LogP contribution in [0.4, 0.5) is 10.5 Å². The first-order chi connectivity index (χ1) is 13.8. The van der Waals surface area contributed by atoms with Crippen LogP contribution in [0.3, 0.4) is 0 Å². The molecule has 150 valence electrons. The number of urea groups is 1. The zero-order valence-corrected chi connectivity index (χ0v) is 16.4. The van der Waals surface area contributed by atoms with Crippen LogP contribution in [0.25, 0.3) is 0 Å². The van der Waals surface area contributed by atoms with Crippen LogP contribution in [0.2, 0.25) is 0 Å². The van der Waals surface area contributed by atoms with Crippen LogP contribution in [0.1, 0.15) is 25.3 Å². The van der Waals surface area contributed by atoms with Gasteiger partial charge in [0.05, 0.1) is 0 Å². The summed E-state index contributed by atoms with van der Waals surface area (Å²) in [5, 5.41) is 5.45. The molecule has 2 fully saturated rings. The van der Waals surface area contributed by atoms with Crippen LogP contribution >= 0.6 is 0 Å². The summed E-state index contributed by atoms with van der Waals surface area (Å²) in [7, 11) is 0. The predicted molar refractivity (Wildman–Crippen MR) is 108 cm³/mol. The molecule has 7 heteroatoms. The average Bonchev–Trinajstić information content (AvgIpc) is 3.50. The molecule has 29 heavy (non-hydrogen) atoms. The van der Waals surface area contributed by atoms with Gasteiger partial charge < -0.3 is 15.4 Å². The molecule has 1 unspecified atom stereocenters. The number of rotatable bonds is 6. The van der Waals surface area contributed by atoms with Crippen molar-refractivity contribution in [2.75, 3.05) is 11.9 Å². The monoisotopic (exact) mass is 393 g/mol. The van der Waals surface area contributed by atoms with E-state index in [1.54, 1.807) is 31.2 Å². The Morgan fingerprint density at radius 1 is 1.17 bits per heavy atom. The predicted octanol–water partition coefficient (Wildman–Crippen LogP) is 3.45. The number of ether oxygens (including phenoxy) is 1. The number of benzene rings is 2. The molecule has 0 aromatic heterocycles. The van der Waals surface area contributed by atoms with Crippen molar-refractivity contribution in [1.29, 1.82) is 0 Å². The van der Waals surface area contributed by atoms with E-state index in [0.29, 0.717) is 11.4 Å². The van der Waals surface area contributed by atoms with Gasteiger partial charge in [0.2, 0.25) is 5.91 Å². The zero-order chi connectivity index (χ0) is 20.6. The molecule has 0 spiro atoms. The van der Waals surface area contributed by atoms with Crippen LogP contribution in [-0.4, -0.2) is 34.8 Å². The molecule has 7 nitrogen and oxygen atoms in total. The standard InChI is InChI=1S/C22H23N3O4/c1-14-4-3-5-18(12-14)29-17-10-8-16(9-11-17)23-19(26)13-25-20(27)22(2,15-6-7-15)24-21(25)28/h3-5,8-12,15H,6-7,13H2,1-2H3,(H,23,26)(H,24,28). The molecule has 1 aliphatic heterocycles. The third-order valence-corrected chi connectivity index (χ3v) is 5.36. The van der Waals surface area contributed by atoms with Crippen molar-refractivity contribution in [2.45, 2.75) is 32.2 Å².